The van der Waals surface area contributed by atoms with Crippen LogP contribution >= 0.6 is 0 Å². The van der Waals surface area contributed by atoms with Crippen molar-refractivity contribution in [3.05, 3.63) is 94.6 Å². The van der Waals surface area contributed by atoms with E-state index in [1.165, 1.54) is 38.6 Å². The molecular weight excluding hydrogens is 411 g/mol. The van der Waals surface area contributed by atoms with Gasteiger partial charge in [-0.1, -0.05) is 30.3 Å². The van der Waals surface area contributed by atoms with E-state index in [0.717, 1.165) is 5.56 Å². The molecule has 3 aromatic rings. The summed E-state index contributed by atoms with van der Waals surface area (Å²) >= 11 is 0. The van der Waals surface area contributed by atoms with Crippen LogP contribution in [0.5, 0.6) is 5.75 Å². The van der Waals surface area contributed by atoms with E-state index in [-0.39, 0.29) is 29.7 Å². The van der Waals surface area contributed by atoms with Crippen LogP contribution in [0.4, 0.5) is 4.39 Å². The first kappa shape index (κ1) is 22.4. The average molecular weight is 432 g/mol. The van der Waals surface area contributed by atoms with Crippen molar-refractivity contribution in [2.75, 3.05) is 14.2 Å². The van der Waals surface area contributed by atoms with Crippen LogP contribution < -0.4 is 10.5 Å². The van der Waals surface area contributed by atoms with Gasteiger partial charge in [0.2, 0.25) is 0 Å². The number of aliphatic imine (C=N–C) groups is 1. The Morgan fingerprint density at radius 1 is 1.19 bits per heavy atom. The van der Waals surface area contributed by atoms with Crippen LogP contribution in [0.15, 0.2) is 65.8 Å². The molecule has 1 unspecified atom stereocenters. The van der Waals surface area contributed by atoms with E-state index in [2.05, 4.69) is 9.98 Å². The molecule has 0 aliphatic heterocycles. The van der Waals surface area contributed by atoms with Crippen molar-refractivity contribution in [1.29, 1.82) is 5.26 Å². The first-order valence-corrected chi connectivity index (χ1v) is 9.64. The third kappa shape index (κ3) is 5.26. The van der Waals surface area contributed by atoms with Crippen molar-refractivity contribution < 1.29 is 18.7 Å². The Bertz CT molecular complexity index is 1190. The number of Topliss-reactive ketones (excluding diaryl/α,β-unsaturated/α-hetero) is 1. The molecule has 1 aromatic heterocycles. The summed E-state index contributed by atoms with van der Waals surface area (Å²) in [5, 5.41) is 8.87. The molecular formula is C24H21FN4O3. The third-order valence-corrected chi connectivity index (χ3v) is 4.77. The minimum absolute atomic E-state index is 0.0607. The normalized spacial score (nSPS) is 12.0. The number of halogens is 1. The van der Waals surface area contributed by atoms with Gasteiger partial charge in [0.05, 0.1) is 19.8 Å². The quantitative estimate of drug-likeness (QED) is 0.347. The van der Waals surface area contributed by atoms with E-state index in [1.54, 1.807) is 30.3 Å². The maximum atomic E-state index is 14.3. The average Bonchev–Trinajstić information content (AvgIpc) is 2.82. The van der Waals surface area contributed by atoms with Gasteiger partial charge in [0, 0.05) is 12.6 Å². The number of nitrogens with zero attached hydrogens (tertiary/aromatic N) is 3. The molecule has 0 aliphatic carbocycles. The molecule has 162 valence electrons. The monoisotopic (exact) mass is 432 g/mol. The standard InChI is InChI=1S/C24H21FN4O3/c1-31-22-9-7-18(12-19(22)25)23(29-24(27)32-2)17-5-3-4-15(10-17)11-21(30)20-8-6-16(13-26)14-28-20/h3-10,12,14,23H,11H2,1-2H3,(H2,27,29). The number of hydrogen-bond donors (Lipinski definition) is 1. The number of nitriles is 1. The largest absolute Gasteiger partial charge is 0.494 e. The van der Waals surface area contributed by atoms with Crippen LogP contribution in [-0.4, -0.2) is 31.0 Å². The van der Waals surface area contributed by atoms with Gasteiger partial charge in [-0.15, -0.1) is 0 Å². The molecule has 0 saturated carbocycles. The first-order valence-electron chi connectivity index (χ1n) is 9.64. The van der Waals surface area contributed by atoms with Gasteiger partial charge in [0.25, 0.3) is 6.02 Å². The van der Waals surface area contributed by atoms with Crippen molar-refractivity contribution in [3.8, 4) is 11.8 Å². The summed E-state index contributed by atoms with van der Waals surface area (Å²) in [6, 6.07) is 16.1. The van der Waals surface area contributed by atoms with E-state index in [4.69, 9.17) is 20.5 Å². The number of nitrogens with two attached hydrogens (primary N) is 1. The van der Waals surface area contributed by atoms with E-state index in [1.807, 2.05) is 12.1 Å². The number of pyridine rings is 1. The Morgan fingerprint density at radius 3 is 2.59 bits per heavy atom. The van der Waals surface area contributed by atoms with Crippen LogP contribution in [0.25, 0.3) is 0 Å². The molecule has 2 aromatic carbocycles. The summed E-state index contributed by atoms with van der Waals surface area (Å²) < 4.78 is 24.3. The van der Waals surface area contributed by atoms with Gasteiger partial charge in [-0.25, -0.2) is 9.38 Å². The predicted octanol–water partition coefficient (Wildman–Crippen LogP) is 3.58. The maximum Gasteiger partial charge on any atom is 0.282 e. The number of hydrogen-bond acceptors (Lipinski definition) is 6. The number of rotatable bonds is 7. The lowest BCUT2D eigenvalue weighted by molar-refractivity contribution is 0.0988. The summed E-state index contributed by atoms with van der Waals surface area (Å²) in [5.41, 5.74) is 8.40. The first-order chi connectivity index (χ1) is 15.4. The highest BCUT2D eigenvalue weighted by molar-refractivity contribution is 5.95. The fraction of sp³-hybridized carbons (Fsp3) is 0.167. The molecule has 3 rings (SSSR count). The minimum atomic E-state index is -0.654. The fourth-order valence-corrected chi connectivity index (χ4v) is 3.15. The second-order valence-corrected chi connectivity index (χ2v) is 6.86. The topological polar surface area (TPSA) is 111 Å². The molecule has 0 aliphatic rings. The van der Waals surface area contributed by atoms with E-state index in [0.29, 0.717) is 16.7 Å². The molecule has 0 spiro atoms. The molecule has 0 saturated heterocycles. The minimum Gasteiger partial charge on any atom is -0.494 e. The van der Waals surface area contributed by atoms with Gasteiger partial charge < -0.3 is 15.2 Å². The van der Waals surface area contributed by atoms with Gasteiger partial charge in [-0.3, -0.25) is 9.78 Å². The van der Waals surface area contributed by atoms with Crippen LogP contribution in [0, 0.1) is 17.1 Å². The molecule has 0 radical (unpaired) electrons. The summed E-state index contributed by atoms with van der Waals surface area (Å²) in [6.07, 6.45) is 1.46. The van der Waals surface area contributed by atoms with Gasteiger partial charge in [0.15, 0.2) is 17.3 Å². The SMILES string of the molecule is COC(N)=NC(c1cccc(CC(=O)c2ccc(C#N)cn2)c1)c1ccc(OC)c(F)c1. The molecule has 7 nitrogen and oxygen atoms in total. The highest BCUT2D eigenvalue weighted by atomic mass is 19.1. The van der Waals surface area contributed by atoms with Crippen LogP contribution in [-0.2, 0) is 11.2 Å². The van der Waals surface area contributed by atoms with Gasteiger partial charge in [-0.05, 0) is 41.0 Å². The summed E-state index contributed by atoms with van der Waals surface area (Å²) in [5.74, 6) is -0.608. The number of amidine groups is 1. The van der Waals surface area contributed by atoms with E-state index >= 15 is 0 Å². The van der Waals surface area contributed by atoms with Crippen molar-refractivity contribution in [2.24, 2.45) is 10.7 Å². The Kier molecular flexibility index (Phi) is 7.13. The number of ketones is 1. The van der Waals surface area contributed by atoms with Crippen molar-refractivity contribution in [1.82, 2.24) is 4.98 Å². The van der Waals surface area contributed by atoms with Crippen LogP contribution in [0.1, 0.15) is 38.8 Å². The third-order valence-electron chi connectivity index (χ3n) is 4.77. The molecule has 1 heterocycles. The fourth-order valence-electron chi connectivity index (χ4n) is 3.15. The lowest BCUT2D eigenvalue weighted by Crippen LogP contribution is -2.16. The van der Waals surface area contributed by atoms with Crippen molar-refractivity contribution in [2.45, 2.75) is 12.5 Å². The van der Waals surface area contributed by atoms with Gasteiger partial charge >= 0.3 is 0 Å². The summed E-state index contributed by atoms with van der Waals surface area (Å²) in [7, 11) is 2.78. The number of aromatic nitrogens is 1. The molecule has 32 heavy (non-hydrogen) atoms. The van der Waals surface area contributed by atoms with Gasteiger partial charge in [0.1, 0.15) is 17.8 Å². The smallest absolute Gasteiger partial charge is 0.282 e. The number of carbonyl (C=O) groups is 1. The highest BCUT2D eigenvalue weighted by Crippen LogP contribution is 2.30. The van der Waals surface area contributed by atoms with Crippen molar-refractivity contribution in [3.63, 3.8) is 0 Å². The molecule has 8 heteroatoms. The summed E-state index contributed by atoms with van der Waals surface area (Å²) in [4.78, 5) is 21.0. The highest BCUT2D eigenvalue weighted by Gasteiger charge is 2.18. The Morgan fingerprint density at radius 2 is 1.97 bits per heavy atom. The number of methoxy groups -OCH3 is 2. The molecule has 0 bridgehead atoms. The van der Waals surface area contributed by atoms with E-state index in [9.17, 15) is 9.18 Å². The summed E-state index contributed by atoms with van der Waals surface area (Å²) in [6.45, 7) is 0. The number of benzene rings is 2. The Hall–Kier alpha value is -4.25. The zero-order valence-corrected chi connectivity index (χ0v) is 17.6. The van der Waals surface area contributed by atoms with Crippen LogP contribution in [0.3, 0.4) is 0 Å². The second-order valence-electron chi connectivity index (χ2n) is 6.86. The van der Waals surface area contributed by atoms with Gasteiger partial charge in [-0.2, -0.15) is 5.26 Å². The predicted molar refractivity (Wildman–Crippen MR) is 117 cm³/mol. The molecule has 2 N–H and O–H groups in total. The Balaban J connectivity index is 1.92. The van der Waals surface area contributed by atoms with Crippen molar-refractivity contribution >= 4 is 11.8 Å². The maximum absolute atomic E-state index is 14.3. The Labute approximate surface area is 185 Å². The number of ether oxygens (including phenoxy) is 2. The lowest BCUT2D eigenvalue weighted by atomic mass is 9.95. The zero-order chi connectivity index (χ0) is 23.1. The molecule has 0 fully saturated rings. The molecule has 1 atom stereocenters. The zero-order valence-electron chi connectivity index (χ0n) is 17.6. The van der Waals surface area contributed by atoms with Crippen LogP contribution in [0.2, 0.25) is 0 Å². The molecule has 0 amide bonds. The second kappa shape index (κ2) is 10.2. The lowest BCUT2D eigenvalue weighted by Gasteiger charge is -2.16. The van der Waals surface area contributed by atoms with E-state index < -0.39 is 11.9 Å². The number of carbonyl (C=O) groups excluding carboxylic acids is 1.